The van der Waals surface area contributed by atoms with Crippen molar-refractivity contribution in [3.05, 3.63) is 51.8 Å². The van der Waals surface area contributed by atoms with E-state index in [1.807, 2.05) is 0 Å². The summed E-state index contributed by atoms with van der Waals surface area (Å²) in [6, 6.07) is 6.66. The van der Waals surface area contributed by atoms with Gasteiger partial charge in [-0.15, -0.1) is 0 Å². The van der Waals surface area contributed by atoms with Crippen LogP contribution in [0.3, 0.4) is 0 Å². The van der Waals surface area contributed by atoms with Gasteiger partial charge < -0.3 is 10.5 Å². The Balaban J connectivity index is 2.02. The minimum Gasteiger partial charge on any atom is -0.488 e. The molecule has 0 aliphatic carbocycles. The van der Waals surface area contributed by atoms with E-state index >= 15 is 0 Å². The molecule has 0 unspecified atom stereocenters. The van der Waals surface area contributed by atoms with Crippen molar-refractivity contribution < 1.29 is 23.1 Å². The molecule has 0 bridgehead atoms. The van der Waals surface area contributed by atoms with Gasteiger partial charge >= 0.3 is 0 Å². The number of anilines is 1. The third-order valence-corrected chi connectivity index (χ3v) is 3.42. The van der Waals surface area contributed by atoms with Gasteiger partial charge in [-0.1, -0.05) is 0 Å². The van der Waals surface area contributed by atoms with Crippen molar-refractivity contribution in [2.24, 2.45) is 0 Å². The molecule has 24 heavy (non-hydrogen) atoms. The zero-order chi connectivity index (χ0) is 17.4. The molecule has 1 aliphatic heterocycles. The second-order valence-electron chi connectivity index (χ2n) is 4.97. The molecule has 2 amide bonds. The maximum Gasteiger partial charge on any atom is 0.272 e. The number of benzene rings is 1. The fraction of sp³-hybridized carbons (Fsp3) is 0.133. The molecular formula is C15H11F2N3O4. The Hall–Kier alpha value is -3.23. The van der Waals surface area contributed by atoms with Gasteiger partial charge in [0.05, 0.1) is 16.8 Å². The number of rotatable bonds is 4. The Morgan fingerprint density at radius 3 is 2.42 bits per heavy atom. The number of nitrogens with two attached hydrogens (primary N) is 1. The summed E-state index contributed by atoms with van der Waals surface area (Å²) in [5, 5.41) is 2.06. The third-order valence-electron chi connectivity index (χ3n) is 3.42. The van der Waals surface area contributed by atoms with Crippen LogP contribution in [0.25, 0.3) is 5.69 Å². The van der Waals surface area contributed by atoms with E-state index < -0.39 is 30.4 Å². The first kappa shape index (κ1) is 15.7. The smallest absolute Gasteiger partial charge is 0.272 e. The van der Waals surface area contributed by atoms with Crippen LogP contribution in [0.1, 0.15) is 20.7 Å². The Kier molecular flexibility index (Phi) is 3.76. The molecule has 0 spiro atoms. The first-order valence-corrected chi connectivity index (χ1v) is 6.81. The van der Waals surface area contributed by atoms with E-state index in [0.29, 0.717) is 5.69 Å². The number of hydrogen-bond donors (Lipinski definition) is 2. The van der Waals surface area contributed by atoms with E-state index in [-0.39, 0.29) is 22.7 Å². The van der Waals surface area contributed by atoms with Gasteiger partial charge in [-0.3, -0.25) is 24.3 Å². The molecule has 0 saturated carbocycles. The van der Waals surface area contributed by atoms with Crippen LogP contribution in [0.15, 0.2) is 35.1 Å². The predicted octanol–water partition coefficient (Wildman–Crippen LogP) is 0.947. The monoisotopic (exact) mass is 335 g/mol. The van der Waals surface area contributed by atoms with Crippen molar-refractivity contribution in [1.29, 1.82) is 0 Å². The van der Waals surface area contributed by atoms with Gasteiger partial charge in [-0.05, 0) is 24.3 Å². The standard InChI is InChI=1S/C15H11F2N3O4/c16-10(17)6-24-8-3-1-7(2-4-8)20-11(21)5-9-12(13(20)18)15(23)19-14(9)22/h1-5,10H,6,18H2,(H,19,22,23). The summed E-state index contributed by atoms with van der Waals surface area (Å²) < 4.78 is 30.1. The number of carbonyl (C=O) groups is 2. The number of hydrogen-bond acceptors (Lipinski definition) is 5. The summed E-state index contributed by atoms with van der Waals surface area (Å²) in [5.74, 6) is -1.35. The molecule has 0 atom stereocenters. The molecule has 3 rings (SSSR count). The number of carbonyl (C=O) groups excluding carboxylic acids is 2. The number of amides is 2. The molecule has 0 radical (unpaired) electrons. The lowest BCUT2D eigenvalue weighted by Gasteiger charge is -2.12. The Bertz CT molecular complexity index is 891. The molecule has 1 aromatic carbocycles. The second kappa shape index (κ2) is 5.76. The van der Waals surface area contributed by atoms with Gasteiger partial charge in [0.25, 0.3) is 23.8 Å². The number of aromatic nitrogens is 1. The largest absolute Gasteiger partial charge is 0.488 e. The van der Waals surface area contributed by atoms with Crippen LogP contribution >= 0.6 is 0 Å². The molecule has 3 N–H and O–H groups in total. The fourth-order valence-corrected chi connectivity index (χ4v) is 2.40. The van der Waals surface area contributed by atoms with E-state index in [2.05, 4.69) is 5.32 Å². The lowest BCUT2D eigenvalue weighted by molar-refractivity contribution is 0.0818. The summed E-state index contributed by atoms with van der Waals surface area (Å²) in [6.07, 6.45) is -2.60. The SMILES string of the molecule is Nc1c2c(cc(=O)n1-c1ccc(OCC(F)F)cc1)C(=O)NC2=O. The van der Waals surface area contributed by atoms with Crippen LogP contribution in [0.2, 0.25) is 0 Å². The van der Waals surface area contributed by atoms with Gasteiger partial charge in [0.15, 0.2) is 0 Å². The molecule has 0 saturated heterocycles. The Morgan fingerprint density at radius 2 is 1.79 bits per heavy atom. The summed E-state index contributed by atoms with van der Waals surface area (Å²) >= 11 is 0. The quantitative estimate of drug-likeness (QED) is 0.810. The average molecular weight is 335 g/mol. The number of halogens is 2. The molecule has 7 nitrogen and oxygen atoms in total. The highest BCUT2D eigenvalue weighted by atomic mass is 19.3. The van der Waals surface area contributed by atoms with E-state index in [1.165, 1.54) is 24.3 Å². The summed E-state index contributed by atoms with van der Waals surface area (Å²) in [6.45, 7) is -0.747. The number of nitrogens with zero attached hydrogens (tertiary/aromatic N) is 1. The lowest BCUT2D eigenvalue weighted by atomic mass is 10.1. The van der Waals surface area contributed by atoms with Crippen molar-refractivity contribution in [2.45, 2.75) is 6.43 Å². The number of pyridine rings is 1. The lowest BCUT2D eigenvalue weighted by Crippen LogP contribution is -2.24. The summed E-state index contributed by atoms with van der Waals surface area (Å²) in [4.78, 5) is 35.6. The minimum atomic E-state index is -2.60. The van der Waals surface area contributed by atoms with Crippen molar-refractivity contribution in [2.75, 3.05) is 12.3 Å². The van der Waals surface area contributed by atoms with Crippen LogP contribution in [0.5, 0.6) is 5.75 Å². The zero-order valence-electron chi connectivity index (χ0n) is 12.1. The van der Waals surface area contributed by atoms with E-state index in [9.17, 15) is 23.2 Å². The highest BCUT2D eigenvalue weighted by Crippen LogP contribution is 2.23. The van der Waals surface area contributed by atoms with Crippen LogP contribution in [0, 0.1) is 0 Å². The Morgan fingerprint density at radius 1 is 1.12 bits per heavy atom. The highest BCUT2D eigenvalue weighted by molar-refractivity contribution is 6.23. The first-order valence-electron chi connectivity index (χ1n) is 6.81. The maximum absolute atomic E-state index is 12.2. The number of alkyl halides is 2. The van der Waals surface area contributed by atoms with Gasteiger partial charge in [0.2, 0.25) is 0 Å². The molecule has 124 valence electrons. The van der Waals surface area contributed by atoms with E-state index in [0.717, 1.165) is 10.6 Å². The minimum absolute atomic E-state index is 0.0716. The number of ether oxygens (including phenoxy) is 1. The van der Waals surface area contributed by atoms with Crippen molar-refractivity contribution in [3.8, 4) is 11.4 Å². The van der Waals surface area contributed by atoms with Crippen LogP contribution in [0.4, 0.5) is 14.6 Å². The van der Waals surface area contributed by atoms with Crippen molar-refractivity contribution >= 4 is 17.6 Å². The van der Waals surface area contributed by atoms with Crippen LogP contribution in [-0.4, -0.2) is 29.4 Å². The maximum atomic E-state index is 12.2. The Labute approximate surface area is 133 Å². The summed E-state index contributed by atoms with van der Waals surface area (Å²) in [7, 11) is 0. The number of nitrogen functional groups attached to an aromatic ring is 1. The molecule has 2 aromatic rings. The number of nitrogens with one attached hydrogen (secondary N) is 1. The zero-order valence-corrected chi connectivity index (χ0v) is 12.1. The van der Waals surface area contributed by atoms with Gasteiger partial charge in [-0.25, -0.2) is 8.78 Å². The number of imide groups is 1. The topological polar surface area (TPSA) is 103 Å². The van der Waals surface area contributed by atoms with Gasteiger partial charge in [-0.2, -0.15) is 0 Å². The molecule has 1 aliphatic rings. The second-order valence-corrected chi connectivity index (χ2v) is 4.97. The summed E-state index contributed by atoms with van der Waals surface area (Å²) in [5.41, 5.74) is 5.43. The molecular weight excluding hydrogens is 324 g/mol. The normalized spacial score (nSPS) is 13.1. The van der Waals surface area contributed by atoms with E-state index in [1.54, 1.807) is 0 Å². The first-order chi connectivity index (χ1) is 11.4. The van der Waals surface area contributed by atoms with Gasteiger partial charge in [0.1, 0.15) is 18.2 Å². The highest BCUT2D eigenvalue weighted by Gasteiger charge is 2.31. The number of fused-ring (bicyclic) bond motifs is 1. The third kappa shape index (κ3) is 2.60. The fourth-order valence-electron chi connectivity index (χ4n) is 2.40. The van der Waals surface area contributed by atoms with Crippen molar-refractivity contribution in [1.82, 2.24) is 9.88 Å². The van der Waals surface area contributed by atoms with Crippen LogP contribution < -0.4 is 21.3 Å². The van der Waals surface area contributed by atoms with Gasteiger partial charge in [0, 0.05) is 6.07 Å². The molecule has 1 aromatic heterocycles. The predicted molar refractivity (Wildman–Crippen MR) is 79.7 cm³/mol. The molecule has 0 fully saturated rings. The van der Waals surface area contributed by atoms with E-state index in [4.69, 9.17) is 10.5 Å². The van der Waals surface area contributed by atoms with Crippen molar-refractivity contribution in [3.63, 3.8) is 0 Å². The molecule has 9 heteroatoms. The average Bonchev–Trinajstić information content (AvgIpc) is 2.80. The van der Waals surface area contributed by atoms with Crippen LogP contribution in [-0.2, 0) is 0 Å². The molecule has 2 heterocycles.